The van der Waals surface area contributed by atoms with E-state index >= 15 is 0 Å². The average Bonchev–Trinajstić information content (AvgIpc) is 2.80. The number of nitrogens with one attached hydrogen (secondary N) is 3. The Kier molecular flexibility index (Phi) is 8.74. The molecule has 3 N–H and O–H groups in total. The van der Waals surface area contributed by atoms with Crippen LogP contribution < -0.4 is 20.1 Å². The van der Waals surface area contributed by atoms with Crippen molar-refractivity contribution in [2.24, 2.45) is 11.8 Å². The first kappa shape index (κ1) is 25.1. The Bertz CT molecular complexity index is 1050. The molecule has 1 fully saturated rings. The van der Waals surface area contributed by atoms with Crippen LogP contribution in [0.4, 0.5) is 11.4 Å². The van der Waals surface area contributed by atoms with Crippen molar-refractivity contribution in [2.75, 3.05) is 23.7 Å². The Hall–Kier alpha value is -2.58. The third kappa shape index (κ3) is 6.95. The molecule has 3 rings (SSSR count). The third-order valence-electron chi connectivity index (χ3n) is 6.27. The summed E-state index contributed by atoms with van der Waals surface area (Å²) in [4.78, 5) is 11.3. The summed E-state index contributed by atoms with van der Waals surface area (Å²) in [7, 11) is -2.50. The lowest BCUT2D eigenvalue weighted by molar-refractivity contribution is -0.114. The number of ether oxygens (including phenoxy) is 1. The van der Waals surface area contributed by atoms with Gasteiger partial charge in [-0.2, -0.15) is 0 Å². The standard InChI is InChI=1S/C25H35N3O4S/c1-18(20-9-5-4-6-10-20)16-26-17-21-11-7-8-12-23(21)28-33(30,31)25-14-13-22(27-19(2)29)15-24(25)32-3/h7-8,11-15,18,20,26,28H,4-6,9-10,16-17H2,1-3H3,(H,27,29). The fraction of sp³-hybridized carbons (Fsp3) is 0.480. The van der Waals surface area contributed by atoms with Gasteiger partial charge in [-0.1, -0.05) is 57.2 Å². The molecule has 180 valence electrons. The van der Waals surface area contributed by atoms with E-state index in [4.69, 9.17) is 4.74 Å². The summed E-state index contributed by atoms with van der Waals surface area (Å²) < 4.78 is 34.3. The summed E-state index contributed by atoms with van der Waals surface area (Å²) in [6, 6.07) is 11.9. The number of benzene rings is 2. The van der Waals surface area contributed by atoms with Crippen LogP contribution >= 0.6 is 0 Å². The van der Waals surface area contributed by atoms with Crippen LogP contribution in [-0.4, -0.2) is 28.0 Å². The van der Waals surface area contributed by atoms with Gasteiger partial charge in [-0.05, 0) is 42.1 Å². The zero-order valence-corrected chi connectivity index (χ0v) is 20.5. The van der Waals surface area contributed by atoms with Crippen LogP contribution in [0.1, 0.15) is 51.5 Å². The van der Waals surface area contributed by atoms with Gasteiger partial charge < -0.3 is 15.4 Å². The molecule has 0 spiro atoms. The summed E-state index contributed by atoms with van der Waals surface area (Å²) in [5, 5.41) is 6.14. The minimum Gasteiger partial charge on any atom is -0.495 e. The van der Waals surface area contributed by atoms with Crippen molar-refractivity contribution in [1.82, 2.24) is 5.32 Å². The molecule has 0 saturated heterocycles. The van der Waals surface area contributed by atoms with E-state index in [1.165, 1.54) is 58.3 Å². The van der Waals surface area contributed by atoms with E-state index in [9.17, 15) is 13.2 Å². The molecule has 2 aromatic rings. The minimum absolute atomic E-state index is 0.00721. The monoisotopic (exact) mass is 473 g/mol. The first-order valence-corrected chi connectivity index (χ1v) is 13.1. The van der Waals surface area contributed by atoms with Crippen LogP contribution in [-0.2, 0) is 21.4 Å². The van der Waals surface area contributed by atoms with Gasteiger partial charge in [0.05, 0.1) is 12.8 Å². The Morgan fingerprint density at radius 1 is 1.12 bits per heavy atom. The number of para-hydroxylation sites is 1. The number of carbonyl (C=O) groups excluding carboxylic acids is 1. The quantitative estimate of drug-likeness (QED) is 0.462. The molecule has 7 nitrogen and oxygen atoms in total. The second-order valence-electron chi connectivity index (χ2n) is 8.82. The van der Waals surface area contributed by atoms with E-state index in [2.05, 4.69) is 22.3 Å². The van der Waals surface area contributed by atoms with Crippen molar-refractivity contribution in [2.45, 2.75) is 57.4 Å². The normalized spacial score (nSPS) is 15.6. The molecule has 33 heavy (non-hydrogen) atoms. The van der Waals surface area contributed by atoms with E-state index in [0.717, 1.165) is 18.0 Å². The van der Waals surface area contributed by atoms with Gasteiger partial charge in [-0.15, -0.1) is 0 Å². The van der Waals surface area contributed by atoms with Gasteiger partial charge >= 0.3 is 0 Å². The number of hydrogen-bond donors (Lipinski definition) is 3. The molecule has 0 radical (unpaired) electrons. The summed E-state index contributed by atoms with van der Waals surface area (Å²) >= 11 is 0. The first-order valence-electron chi connectivity index (χ1n) is 11.6. The predicted octanol–water partition coefficient (Wildman–Crippen LogP) is 4.76. The number of anilines is 2. The Labute approximate surface area is 197 Å². The molecule has 1 aliphatic carbocycles. The Balaban J connectivity index is 1.69. The number of carbonyl (C=O) groups is 1. The van der Waals surface area contributed by atoms with E-state index in [0.29, 0.717) is 23.8 Å². The van der Waals surface area contributed by atoms with Gasteiger partial charge in [-0.3, -0.25) is 9.52 Å². The Morgan fingerprint density at radius 2 is 1.85 bits per heavy atom. The highest BCUT2D eigenvalue weighted by Gasteiger charge is 2.22. The Morgan fingerprint density at radius 3 is 2.55 bits per heavy atom. The van der Waals surface area contributed by atoms with Crippen LogP contribution in [0.15, 0.2) is 47.4 Å². The van der Waals surface area contributed by atoms with Gasteiger partial charge in [0, 0.05) is 25.2 Å². The molecule has 0 aliphatic heterocycles. The summed E-state index contributed by atoms with van der Waals surface area (Å²) in [6.07, 6.45) is 6.62. The lowest BCUT2D eigenvalue weighted by atomic mass is 9.81. The smallest absolute Gasteiger partial charge is 0.265 e. The zero-order valence-electron chi connectivity index (χ0n) is 19.7. The van der Waals surface area contributed by atoms with E-state index < -0.39 is 10.0 Å². The highest BCUT2D eigenvalue weighted by Crippen LogP contribution is 2.31. The molecular formula is C25H35N3O4S. The van der Waals surface area contributed by atoms with Crippen LogP contribution in [0.5, 0.6) is 5.75 Å². The highest BCUT2D eigenvalue weighted by atomic mass is 32.2. The second-order valence-corrected chi connectivity index (χ2v) is 10.5. The van der Waals surface area contributed by atoms with Crippen LogP contribution in [0.25, 0.3) is 0 Å². The second kappa shape index (κ2) is 11.5. The number of hydrogen-bond acceptors (Lipinski definition) is 5. The molecular weight excluding hydrogens is 438 g/mol. The van der Waals surface area contributed by atoms with E-state index in [1.54, 1.807) is 12.1 Å². The molecule has 2 aromatic carbocycles. The molecule has 8 heteroatoms. The zero-order chi connectivity index (χ0) is 23.8. The lowest BCUT2D eigenvalue weighted by Gasteiger charge is -2.28. The molecule has 1 atom stereocenters. The third-order valence-corrected chi connectivity index (χ3v) is 7.68. The van der Waals surface area contributed by atoms with Crippen molar-refractivity contribution in [3.05, 3.63) is 48.0 Å². The van der Waals surface area contributed by atoms with Crippen molar-refractivity contribution >= 4 is 27.3 Å². The van der Waals surface area contributed by atoms with Crippen LogP contribution in [0.3, 0.4) is 0 Å². The molecule has 0 heterocycles. The first-order chi connectivity index (χ1) is 15.8. The van der Waals surface area contributed by atoms with Crippen LogP contribution in [0, 0.1) is 11.8 Å². The summed E-state index contributed by atoms with van der Waals surface area (Å²) in [5.74, 6) is 1.28. The summed E-state index contributed by atoms with van der Waals surface area (Å²) in [5.41, 5.74) is 1.88. The van der Waals surface area contributed by atoms with Crippen molar-refractivity contribution in [3.8, 4) is 5.75 Å². The largest absolute Gasteiger partial charge is 0.495 e. The SMILES string of the molecule is COc1cc(NC(C)=O)ccc1S(=O)(=O)Nc1ccccc1CNCC(C)C1CCCCC1. The fourth-order valence-electron chi connectivity index (χ4n) is 4.45. The highest BCUT2D eigenvalue weighted by molar-refractivity contribution is 7.92. The molecule has 1 aliphatic rings. The average molecular weight is 474 g/mol. The maximum absolute atomic E-state index is 13.2. The van der Waals surface area contributed by atoms with Crippen molar-refractivity contribution in [1.29, 1.82) is 0 Å². The molecule has 0 aromatic heterocycles. The number of amides is 1. The maximum atomic E-state index is 13.2. The van der Waals surface area contributed by atoms with Gasteiger partial charge in [0.25, 0.3) is 10.0 Å². The fourth-order valence-corrected chi connectivity index (χ4v) is 5.70. The van der Waals surface area contributed by atoms with Gasteiger partial charge in [0.1, 0.15) is 10.6 Å². The van der Waals surface area contributed by atoms with Gasteiger partial charge in [0.2, 0.25) is 5.91 Å². The number of sulfonamides is 1. The topological polar surface area (TPSA) is 96.5 Å². The lowest BCUT2D eigenvalue weighted by Crippen LogP contribution is -2.27. The van der Waals surface area contributed by atoms with Gasteiger partial charge in [0.15, 0.2) is 0 Å². The molecule has 1 unspecified atom stereocenters. The number of rotatable bonds is 10. The van der Waals surface area contributed by atoms with Gasteiger partial charge in [-0.25, -0.2) is 8.42 Å². The predicted molar refractivity (Wildman–Crippen MR) is 132 cm³/mol. The molecule has 0 bridgehead atoms. The minimum atomic E-state index is -3.90. The summed E-state index contributed by atoms with van der Waals surface area (Å²) in [6.45, 7) is 5.17. The molecule has 1 saturated carbocycles. The van der Waals surface area contributed by atoms with Crippen molar-refractivity contribution in [3.63, 3.8) is 0 Å². The van der Waals surface area contributed by atoms with Crippen LogP contribution in [0.2, 0.25) is 0 Å². The van der Waals surface area contributed by atoms with E-state index in [1.807, 2.05) is 18.2 Å². The van der Waals surface area contributed by atoms with E-state index in [-0.39, 0.29) is 16.6 Å². The number of methoxy groups -OCH3 is 1. The molecule has 1 amide bonds. The maximum Gasteiger partial charge on any atom is 0.265 e. The van der Waals surface area contributed by atoms with Crippen molar-refractivity contribution < 1.29 is 17.9 Å².